The molecule has 1 aliphatic rings. The normalized spacial score (nSPS) is 24.8. The number of aliphatic hydroxyl groups is 1. The number of rotatable bonds is 6. The van der Waals surface area contributed by atoms with Crippen molar-refractivity contribution in [3.8, 4) is 0 Å². The van der Waals surface area contributed by atoms with E-state index < -0.39 is 6.10 Å². The smallest absolute Gasteiger partial charge is 0.0999 e. The summed E-state index contributed by atoms with van der Waals surface area (Å²) < 4.78 is 6.87. The van der Waals surface area contributed by atoms with E-state index in [9.17, 15) is 5.11 Å². The first-order valence-corrected chi connectivity index (χ1v) is 7.93. The lowest BCUT2D eigenvalue weighted by atomic mass is 9.77. The molecule has 0 amide bonds. The molecule has 4 nitrogen and oxygen atoms in total. The molecule has 114 valence electrons. The van der Waals surface area contributed by atoms with Crippen LogP contribution in [0.1, 0.15) is 50.8 Å². The molecule has 1 aromatic heterocycles. The van der Waals surface area contributed by atoms with E-state index in [4.69, 9.17) is 16.3 Å². The first-order valence-electron chi connectivity index (χ1n) is 7.55. The number of nitrogens with zero attached hydrogens (tertiary/aromatic N) is 2. The summed E-state index contributed by atoms with van der Waals surface area (Å²) in [6.45, 7) is 3.43. The second kappa shape index (κ2) is 7.43. The molecular weight excluding hydrogens is 276 g/mol. The lowest BCUT2D eigenvalue weighted by Gasteiger charge is -2.32. The van der Waals surface area contributed by atoms with E-state index in [0.29, 0.717) is 24.1 Å². The van der Waals surface area contributed by atoms with Crippen molar-refractivity contribution in [3.05, 3.63) is 16.9 Å². The SMILES string of the molecule is CCC1CCCC(C(O)c2c(Cl)cnn2CCOC)C1. The average molecular weight is 301 g/mol. The molecule has 5 heteroatoms. The van der Waals surface area contributed by atoms with E-state index in [2.05, 4.69) is 12.0 Å². The molecule has 0 saturated heterocycles. The van der Waals surface area contributed by atoms with E-state index in [1.807, 2.05) is 0 Å². The summed E-state index contributed by atoms with van der Waals surface area (Å²) in [7, 11) is 1.66. The number of aromatic nitrogens is 2. The highest BCUT2D eigenvalue weighted by molar-refractivity contribution is 6.31. The highest BCUT2D eigenvalue weighted by Crippen LogP contribution is 2.40. The summed E-state index contributed by atoms with van der Waals surface area (Å²) in [6, 6.07) is 0. The number of ether oxygens (including phenoxy) is 1. The van der Waals surface area contributed by atoms with Crippen molar-refractivity contribution >= 4 is 11.6 Å². The van der Waals surface area contributed by atoms with Gasteiger partial charge in [0.2, 0.25) is 0 Å². The number of methoxy groups -OCH3 is 1. The first-order chi connectivity index (χ1) is 9.67. The van der Waals surface area contributed by atoms with Crippen molar-refractivity contribution in [2.45, 2.75) is 51.7 Å². The summed E-state index contributed by atoms with van der Waals surface area (Å²) in [4.78, 5) is 0. The topological polar surface area (TPSA) is 47.3 Å². The van der Waals surface area contributed by atoms with Gasteiger partial charge in [0.05, 0.1) is 36.2 Å². The van der Waals surface area contributed by atoms with Gasteiger partial charge in [-0.15, -0.1) is 0 Å². The van der Waals surface area contributed by atoms with Gasteiger partial charge in [-0.25, -0.2) is 0 Å². The van der Waals surface area contributed by atoms with Gasteiger partial charge in [0, 0.05) is 7.11 Å². The molecule has 20 heavy (non-hydrogen) atoms. The standard InChI is InChI=1S/C15H25ClN2O2/c1-3-11-5-4-6-12(9-11)15(19)14-13(16)10-17-18(14)7-8-20-2/h10-12,15,19H,3-9H2,1-2H3. The Hall–Kier alpha value is -0.580. The Morgan fingerprint density at radius 2 is 2.35 bits per heavy atom. The van der Waals surface area contributed by atoms with Crippen molar-refractivity contribution in [3.63, 3.8) is 0 Å². The second-order valence-corrected chi connectivity index (χ2v) is 6.15. The molecule has 0 bridgehead atoms. The van der Waals surface area contributed by atoms with Crippen LogP contribution in [0, 0.1) is 11.8 Å². The fraction of sp³-hybridized carbons (Fsp3) is 0.800. The van der Waals surface area contributed by atoms with Gasteiger partial charge >= 0.3 is 0 Å². The minimum atomic E-state index is -0.517. The fourth-order valence-electron chi connectivity index (χ4n) is 3.24. The molecule has 1 fully saturated rings. The average Bonchev–Trinajstić information content (AvgIpc) is 2.85. The Bertz CT molecular complexity index is 422. The maximum atomic E-state index is 10.7. The van der Waals surface area contributed by atoms with Crippen LogP contribution >= 0.6 is 11.6 Å². The summed E-state index contributed by atoms with van der Waals surface area (Å²) in [5.74, 6) is 1.03. The van der Waals surface area contributed by atoms with Crippen molar-refractivity contribution < 1.29 is 9.84 Å². The largest absolute Gasteiger partial charge is 0.386 e. The van der Waals surface area contributed by atoms with E-state index >= 15 is 0 Å². The first kappa shape index (κ1) is 15.8. The Kier molecular flexibility index (Phi) is 5.87. The van der Waals surface area contributed by atoms with Crippen LogP contribution in [0.25, 0.3) is 0 Å². The summed E-state index contributed by atoms with van der Waals surface area (Å²) in [5, 5.41) is 15.5. The van der Waals surface area contributed by atoms with Gasteiger partial charge < -0.3 is 9.84 Å². The van der Waals surface area contributed by atoms with Crippen LogP contribution in [-0.2, 0) is 11.3 Å². The van der Waals surface area contributed by atoms with Gasteiger partial charge in [0.25, 0.3) is 0 Å². The number of hydrogen-bond acceptors (Lipinski definition) is 3. The lowest BCUT2D eigenvalue weighted by Crippen LogP contribution is -2.24. The molecule has 0 spiro atoms. The van der Waals surface area contributed by atoms with Gasteiger partial charge in [-0.2, -0.15) is 5.10 Å². The third-order valence-electron chi connectivity index (χ3n) is 4.47. The van der Waals surface area contributed by atoms with Crippen molar-refractivity contribution in [2.24, 2.45) is 11.8 Å². The zero-order chi connectivity index (χ0) is 14.5. The summed E-state index contributed by atoms with van der Waals surface area (Å²) in [6.07, 6.45) is 6.94. The predicted molar refractivity (Wildman–Crippen MR) is 79.8 cm³/mol. The Labute approximate surface area is 126 Å². The Morgan fingerprint density at radius 3 is 3.05 bits per heavy atom. The van der Waals surface area contributed by atoms with Crippen LogP contribution in [0.2, 0.25) is 5.02 Å². The van der Waals surface area contributed by atoms with E-state index in [0.717, 1.165) is 24.5 Å². The van der Waals surface area contributed by atoms with Crippen molar-refractivity contribution in [1.82, 2.24) is 9.78 Å². The van der Waals surface area contributed by atoms with Crippen LogP contribution in [0.4, 0.5) is 0 Å². The summed E-state index contributed by atoms with van der Waals surface area (Å²) >= 11 is 6.22. The predicted octanol–water partition coefficient (Wildman–Crippen LogP) is 3.43. The monoisotopic (exact) mass is 300 g/mol. The third kappa shape index (κ3) is 3.54. The molecule has 1 aromatic rings. The van der Waals surface area contributed by atoms with E-state index in [1.54, 1.807) is 18.0 Å². The van der Waals surface area contributed by atoms with Crippen LogP contribution in [0.15, 0.2) is 6.20 Å². The van der Waals surface area contributed by atoms with Gasteiger partial charge in [-0.05, 0) is 24.7 Å². The maximum Gasteiger partial charge on any atom is 0.0999 e. The molecule has 1 saturated carbocycles. The molecule has 1 aliphatic carbocycles. The lowest BCUT2D eigenvalue weighted by molar-refractivity contribution is 0.0592. The molecule has 2 rings (SSSR count). The van der Waals surface area contributed by atoms with Crippen molar-refractivity contribution in [2.75, 3.05) is 13.7 Å². The molecular formula is C15H25ClN2O2. The summed E-state index contributed by atoms with van der Waals surface area (Å²) in [5.41, 5.74) is 0.755. The number of hydrogen-bond donors (Lipinski definition) is 1. The molecule has 0 aromatic carbocycles. The number of aliphatic hydroxyl groups excluding tert-OH is 1. The van der Waals surface area contributed by atoms with Crippen LogP contribution in [0.3, 0.4) is 0 Å². The number of halogens is 1. The quantitative estimate of drug-likeness (QED) is 0.875. The fourth-order valence-corrected chi connectivity index (χ4v) is 3.49. The zero-order valence-corrected chi connectivity index (χ0v) is 13.1. The van der Waals surface area contributed by atoms with Crippen LogP contribution in [-0.4, -0.2) is 28.6 Å². The molecule has 0 aliphatic heterocycles. The second-order valence-electron chi connectivity index (χ2n) is 5.74. The highest BCUT2D eigenvalue weighted by atomic mass is 35.5. The van der Waals surface area contributed by atoms with Crippen molar-refractivity contribution in [1.29, 1.82) is 0 Å². The van der Waals surface area contributed by atoms with Gasteiger partial charge in [0.15, 0.2) is 0 Å². The molecule has 0 radical (unpaired) electrons. The Balaban J connectivity index is 2.11. The molecule has 3 unspecified atom stereocenters. The zero-order valence-electron chi connectivity index (χ0n) is 12.4. The van der Waals surface area contributed by atoms with Gasteiger partial charge in [0.1, 0.15) is 0 Å². The molecule has 1 heterocycles. The maximum absolute atomic E-state index is 10.7. The van der Waals surface area contributed by atoms with E-state index in [-0.39, 0.29) is 0 Å². The van der Waals surface area contributed by atoms with E-state index in [1.165, 1.54) is 19.3 Å². The highest BCUT2D eigenvalue weighted by Gasteiger charge is 2.30. The van der Waals surface area contributed by atoms with Gasteiger partial charge in [-0.1, -0.05) is 37.8 Å². The minimum absolute atomic E-state index is 0.296. The van der Waals surface area contributed by atoms with Crippen LogP contribution in [0.5, 0.6) is 0 Å². The third-order valence-corrected chi connectivity index (χ3v) is 4.76. The van der Waals surface area contributed by atoms with Crippen LogP contribution < -0.4 is 0 Å². The van der Waals surface area contributed by atoms with Gasteiger partial charge in [-0.3, -0.25) is 4.68 Å². The molecule has 3 atom stereocenters. The minimum Gasteiger partial charge on any atom is -0.386 e. The molecule has 1 N–H and O–H groups in total. The Morgan fingerprint density at radius 1 is 1.55 bits per heavy atom.